The molecule has 6 nitrogen and oxygen atoms in total. The predicted octanol–water partition coefficient (Wildman–Crippen LogP) is 2.21. The molecule has 4 fully saturated rings. The maximum Gasteiger partial charge on any atom is 0.337 e. The molecule has 21 heavy (non-hydrogen) atoms. The Labute approximate surface area is 124 Å². The van der Waals surface area contributed by atoms with E-state index < -0.39 is 0 Å². The van der Waals surface area contributed by atoms with Crippen LogP contribution in [0.25, 0.3) is 0 Å². The number of nitrogens with zero attached hydrogens (tertiary/aromatic N) is 2. The monoisotopic (exact) mass is 290 g/mol. The molecule has 4 aliphatic carbocycles. The van der Waals surface area contributed by atoms with E-state index in [0.717, 1.165) is 11.8 Å². The number of ether oxygens (including phenoxy) is 1. The minimum atomic E-state index is 0.114. The van der Waals surface area contributed by atoms with Crippen molar-refractivity contribution in [3.63, 3.8) is 0 Å². The molecule has 1 aromatic heterocycles. The molecule has 1 aromatic rings. The topological polar surface area (TPSA) is 79.9 Å². The second-order valence-corrected chi connectivity index (χ2v) is 6.85. The van der Waals surface area contributed by atoms with Gasteiger partial charge in [0.1, 0.15) is 0 Å². The van der Waals surface area contributed by atoms with E-state index in [9.17, 15) is 4.79 Å². The molecular weight excluding hydrogens is 268 g/mol. The molecule has 4 saturated carbocycles. The molecule has 1 amide bonds. The molecule has 1 heterocycles. The maximum absolute atomic E-state index is 12.6. The van der Waals surface area contributed by atoms with Gasteiger partial charge in [-0.1, -0.05) is 0 Å². The van der Waals surface area contributed by atoms with E-state index in [1.54, 1.807) is 0 Å². The van der Waals surface area contributed by atoms with E-state index in [1.165, 1.54) is 32.1 Å². The minimum absolute atomic E-state index is 0.114. The van der Waals surface area contributed by atoms with Crippen LogP contribution in [0.3, 0.4) is 0 Å². The van der Waals surface area contributed by atoms with Crippen LogP contribution >= 0.6 is 0 Å². The highest BCUT2D eigenvalue weighted by Gasteiger charge is 2.50. The summed E-state index contributed by atoms with van der Waals surface area (Å²) in [5.41, 5.74) is 0. The Bertz CT molecular complexity index is 514. The van der Waals surface area contributed by atoms with Crippen LogP contribution in [-0.2, 0) is 4.79 Å². The van der Waals surface area contributed by atoms with Crippen molar-refractivity contribution in [1.29, 1.82) is 0 Å². The van der Waals surface area contributed by atoms with Crippen LogP contribution < -0.4 is 10.1 Å². The van der Waals surface area contributed by atoms with E-state index in [4.69, 9.17) is 4.74 Å². The molecule has 4 aliphatic rings. The van der Waals surface area contributed by atoms with Gasteiger partial charge in [0.05, 0.1) is 6.61 Å². The van der Waals surface area contributed by atoms with Crippen molar-refractivity contribution in [2.45, 2.75) is 39.0 Å². The Morgan fingerprint density at radius 3 is 2.52 bits per heavy atom. The molecule has 0 saturated heterocycles. The van der Waals surface area contributed by atoms with Crippen molar-refractivity contribution in [3.8, 4) is 6.01 Å². The summed E-state index contributed by atoms with van der Waals surface area (Å²) in [6, 6.07) is 0.290. The third-order valence-corrected chi connectivity index (χ3v) is 5.51. The van der Waals surface area contributed by atoms with Crippen LogP contribution in [0.2, 0.25) is 0 Å². The number of aromatic nitrogens is 3. The van der Waals surface area contributed by atoms with Crippen molar-refractivity contribution < 1.29 is 9.53 Å². The quantitative estimate of drug-likeness (QED) is 0.891. The third kappa shape index (κ3) is 2.30. The van der Waals surface area contributed by atoms with Gasteiger partial charge in [-0.2, -0.15) is 4.98 Å². The Morgan fingerprint density at radius 1 is 1.24 bits per heavy atom. The summed E-state index contributed by atoms with van der Waals surface area (Å²) in [6.07, 6.45) is 6.37. The van der Waals surface area contributed by atoms with Gasteiger partial charge in [0.15, 0.2) is 0 Å². The summed E-state index contributed by atoms with van der Waals surface area (Å²) >= 11 is 0. The fourth-order valence-corrected chi connectivity index (χ4v) is 5.05. The van der Waals surface area contributed by atoms with Gasteiger partial charge in [0.25, 0.3) is 0 Å². The average molecular weight is 290 g/mol. The lowest BCUT2D eigenvalue weighted by Crippen LogP contribution is -2.49. The van der Waals surface area contributed by atoms with E-state index in [-0.39, 0.29) is 17.8 Å². The number of aromatic amines is 1. The molecule has 0 radical (unpaired) electrons. The predicted molar refractivity (Wildman–Crippen MR) is 76.7 cm³/mol. The Hall–Kier alpha value is -1.59. The second kappa shape index (κ2) is 5.00. The number of rotatable bonds is 4. The van der Waals surface area contributed by atoms with E-state index in [1.807, 2.05) is 6.92 Å². The largest absolute Gasteiger partial charge is 0.463 e. The molecule has 0 unspecified atom stereocenters. The Morgan fingerprint density at radius 2 is 1.90 bits per heavy atom. The van der Waals surface area contributed by atoms with Gasteiger partial charge < -0.3 is 4.74 Å². The number of carbonyl (C=O) groups excluding carboxylic acids is 1. The van der Waals surface area contributed by atoms with Crippen molar-refractivity contribution in [2.75, 3.05) is 11.9 Å². The highest BCUT2D eigenvalue weighted by Crippen LogP contribution is 2.56. The van der Waals surface area contributed by atoms with E-state index in [2.05, 4.69) is 20.5 Å². The molecule has 0 spiro atoms. The number of hydrogen-bond donors (Lipinski definition) is 2. The lowest BCUT2D eigenvalue weighted by atomic mass is 9.51. The first-order valence-corrected chi connectivity index (χ1v) is 8.09. The lowest BCUT2D eigenvalue weighted by Gasteiger charge is -2.53. The maximum atomic E-state index is 12.6. The van der Waals surface area contributed by atoms with E-state index >= 15 is 0 Å². The molecule has 0 aliphatic heterocycles. The van der Waals surface area contributed by atoms with Gasteiger partial charge in [-0.05, 0) is 62.7 Å². The molecular formula is C15H22N4O2. The number of anilines is 1. The molecule has 6 heteroatoms. The standard InChI is InChI=1S/C15H22N4O2/c1-2-21-15-17-14(18-19-15)16-13(20)12-10-4-8-3-9(6-10)7-11(12)5-8/h8-12H,2-7H2,1H3,(H2,16,17,18,19,20). The fraction of sp³-hybridized carbons (Fsp3) is 0.800. The van der Waals surface area contributed by atoms with Crippen LogP contribution in [0.15, 0.2) is 0 Å². The molecule has 2 N–H and O–H groups in total. The molecule has 0 aromatic carbocycles. The van der Waals surface area contributed by atoms with Gasteiger partial charge in [0, 0.05) is 5.92 Å². The zero-order chi connectivity index (χ0) is 14.4. The van der Waals surface area contributed by atoms with Gasteiger partial charge in [-0.25, -0.2) is 5.10 Å². The van der Waals surface area contributed by atoms with Crippen LogP contribution in [0.5, 0.6) is 6.01 Å². The highest BCUT2D eigenvalue weighted by atomic mass is 16.5. The number of carbonyl (C=O) groups is 1. The average Bonchev–Trinajstić information content (AvgIpc) is 2.85. The summed E-state index contributed by atoms with van der Waals surface area (Å²) in [5.74, 6) is 3.60. The number of hydrogen-bond acceptors (Lipinski definition) is 4. The van der Waals surface area contributed by atoms with Crippen molar-refractivity contribution in [3.05, 3.63) is 0 Å². The lowest BCUT2D eigenvalue weighted by molar-refractivity contribution is -0.132. The first-order chi connectivity index (χ1) is 10.2. The van der Waals surface area contributed by atoms with Crippen molar-refractivity contribution in [2.24, 2.45) is 29.6 Å². The fourth-order valence-electron chi connectivity index (χ4n) is 5.05. The molecule has 5 rings (SSSR count). The summed E-state index contributed by atoms with van der Waals surface area (Å²) in [7, 11) is 0. The zero-order valence-electron chi connectivity index (χ0n) is 12.3. The summed E-state index contributed by atoms with van der Waals surface area (Å²) in [5, 5.41) is 9.55. The summed E-state index contributed by atoms with van der Waals surface area (Å²) in [6.45, 7) is 2.39. The first-order valence-electron chi connectivity index (χ1n) is 8.09. The Balaban J connectivity index is 1.45. The van der Waals surface area contributed by atoms with Gasteiger partial charge in [-0.3, -0.25) is 10.1 Å². The molecule has 0 atom stereocenters. The SMILES string of the molecule is CCOc1n[nH]c(NC(=O)C2C3CC4CC(C3)CC2C4)n1. The van der Waals surface area contributed by atoms with Crippen LogP contribution in [0.4, 0.5) is 5.95 Å². The van der Waals surface area contributed by atoms with Crippen molar-refractivity contribution >= 4 is 11.9 Å². The Kier molecular flexibility index (Phi) is 3.12. The van der Waals surface area contributed by atoms with Crippen LogP contribution in [-0.4, -0.2) is 27.7 Å². The van der Waals surface area contributed by atoms with Crippen LogP contribution in [0, 0.1) is 29.6 Å². The number of amides is 1. The summed E-state index contributed by atoms with van der Waals surface area (Å²) < 4.78 is 5.20. The second-order valence-electron chi connectivity index (χ2n) is 6.85. The minimum Gasteiger partial charge on any atom is -0.463 e. The number of nitrogens with one attached hydrogen (secondary N) is 2. The summed E-state index contributed by atoms with van der Waals surface area (Å²) in [4.78, 5) is 16.8. The number of H-pyrrole nitrogens is 1. The van der Waals surface area contributed by atoms with Crippen LogP contribution in [0.1, 0.15) is 39.0 Å². The van der Waals surface area contributed by atoms with Gasteiger partial charge in [-0.15, -0.1) is 5.10 Å². The first kappa shape index (κ1) is 13.1. The van der Waals surface area contributed by atoms with Gasteiger partial charge >= 0.3 is 6.01 Å². The normalized spacial score (nSPS) is 36.7. The molecule has 4 bridgehead atoms. The third-order valence-electron chi connectivity index (χ3n) is 5.51. The van der Waals surface area contributed by atoms with Crippen molar-refractivity contribution in [1.82, 2.24) is 15.2 Å². The zero-order valence-corrected chi connectivity index (χ0v) is 12.3. The smallest absolute Gasteiger partial charge is 0.337 e. The highest BCUT2D eigenvalue weighted by molar-refractivity contribution is 5.91. The molecule has 114 valence electrons. The van der Waals surface area contributed by atoms with E-state index in [0.29, 0.717) is 24.4 Å². The van der Waals surface area contributed by atoms with Gasteiger partial charge in [0.2, 0.25) is 11.9 Å².